The molecule has 14 amide bonds. The number of amides is 14. The summed E-state index contributed by atoms with van der Waals surface area (Å²) < 4.78 is 0. The van der Waals surface area contributed by atoms with Crippen molar-refractivity contribution in [3.63, 3.8) is 0 Å². The number of aliphatic imine (C=N–C) groups is 1. The van der Waals surface area contributed by atoms with Crippen LogP contribution in [0.2, 0.25) is 0 Å². The quantitative estimate of drug-likeness (QED) is 0.0160. The van der Waals surface area contributed by atoms with Crippen molar-refractivity contribution in [2.24, 2.45) is 39.6 Å². The van der Waals surface area contributed by atoms with Gasteiger partial charge in [-0.3, -0.25) is 67.4 Å². The molecule has 0 aromatic heterocycles. The summed E-state index contributed by atoms with van der Waals surface area (Å²) in [5.41, 5.74) is 28.9. The van der Waals surface area contributed by atoms with Gasteiger partial charge in [0, 0.05) is 67.7 Å². The molecule has 33 heteroatoms. The summed E-state index contributed by atoms with van der Waals surface area (Å²) in [6, 6.07) is 1.57. The van der Waals surface area contributed by atoms with Gasteiger partial charge in [-0.2, -0.15) is 11.8 Å². The first-order valence-electron chi connectivity index (χ1n) is 31.0. The molecule has 93 heavy (non-hydrogen) atoms. The number of carbonyl (C=O) groups is 13. The monoisotopic (exact) mass is 1350 g/mol. The van der Waals surface area contributed by atoms with Crippen LogP contribution in [0, 0.1) is 5.92 Å². The summed E-state index contributed by atoms with van der Waals surface area (Å²) in [7, 11) is 2.17. The number of hydrogen-bond donors (Lipinski definition) is 14. The summed E-state index contributed by atoms with van der Waals surface area (Å²) in [6.07, 6.45) is 0.604. The number of likely N-dealkylation sites (tertiary alicyclic amines) is 1. The first kappa shape index (κ1) is 73.7. The van der Waals surface area contributed by atoms with E-state index in [1.807, 2.05) is 0 Å². The van der Waals surface area contributed by atoms with E-state index in [9.17, 15) is 62.6 Å². The predicted molar refractivity (Wildman–Crippen MR) is 348 cm³/mol. The normalized spacial score (nSPS) is 24.2. The second kappa shape index (κ2) is 36.2. The molecule has 0 saturated carbocycles. The predicted octanol–water partition coefficient (Wildman–Crippen LogP) is -1.96. The highest BCUT2D eigenvalue weighted by Gasteiger charge is 2.52. The lowest BCUT2D eigenvalue weighted by Gasteiger charge is -2.32. The molecule has 0 spiro atoms. The lowest BCUT2D eigenvalue weighted by Crippen LogP contribution is -2.61. The zero-order valence-corrected chi connectivity index (χ0v) is 54.4. The molecule has 0 aliphatic carbocycles. The van der Waals surface area contributed by atoms with E-state index in [1.54, 1.807) is 68.1 Å². The van der Waals surface area contributed by atoms with Gasteiger partial charge in [0.2, 0.25) is 65.0 Å². The number of guanidine groups is 1. The molecule has 19 N–H and O–H groups in total. The van der Waals surface area contributed by atoms with E-state index >= 15 is 4.79 Å². The minimum absolute atomic E-state index is 0.0247. The number of nitrogens with one attached hydrogen (secondary N) is 8. The fourth-order valence-electron chi connectivity index (χ4n) is 11.3. The average Bonchev–Trinajstić information content (AvgIpc) is 1.63. The third-order valence-corrected chi connectivity index (χ3v) is 20.2. The standard InChI is InChI=1S/C60H86N16O14S3/c1-3-32(2)49-56(87)69-37(21-22-46(62)79)52(83)70-39(29-47(63)80)53(84)72-42(31-93-92-26-23-48(81)67-38(54(85)74-49)27-34-17-19-35(77)20-18-34)57(88)75-25-10-14-43(75)55(86)68-36(13-9-24-66-59(64)65)51(82)71-40(28-33-11-5-4-6-12-33)58(89)76-50-41(73-60(76)90)30-91-44(50)15-7-8-16-45(61)78/h4-6,11-12,17-20,32,36-44,49-50,77H,3,7-10,13-16,21-31H2,1-2H3,(H2,61,78)(H2,62,79)(H2,63,80)(H,67,81)(H,68,86)(H,69,87)(H,70,83)(H,71,82)(H,72,84)(H,73,90)(H,74,85)(H4,64,65,66)/t32-,36-,37+,38+,39-,40-,41-,42-,43+,44-,49-,50-/m0/s1. The molecule has 0 bridgehead atoms. The maximum absolute atomic E-state index is 15.0. The van der Waals surface area contributed by atoms with E-state index < -0.39 is 156 Å². The van der Waals surface area contributed by atoms with Crippen LogP contribution >= 0.6 is 33.3 Å². The number of primary amides is 3. The number of phenolic OH excluding ortho intramolecular Hbond substituents is 1. The largest absolute Gasteiger partial charge is 0.508 e. The van der Waals surface area contributed by atoms with Crippen molar-refractivity contribution in [2.75, 3.05) is 30.3 Å². The fraction of sp³-hybridized carbons (Fsp3) is 0.567. The van der Waals surface area contributed by atoms with Crippen LogP contribution in [0.5, 0.6) is 5.75 Å². The number of aromatic hydroxyl groups is 1. The van der Waals surface area contributed by atoms with Crippen molar-refractivity contribution < 1.29 is 67.4 Å². The average molecular weight is 1350 g/mol. The van der Waals surface area contributed by atoms with Gasteiger partial charge in [0.05, 0.1) is 18.5 Å². The molecular weight excluding hydrogens is 1260 g/mol. The Labute approximate surface area is 550 Å². The van der Waals surface area contributed by atoms with Crippen LogP contribution in [0.1, 0.15) is 108 Å². The molecule has 12 atom stereocenters. The molecule has 2 aromatic rings. The SMILES string of the molecule is CC[C@H](C)[C@@H]1NC(=O)[C@@H](Cc2ccc(O)cc2)NC(=O)CCSSC[C@@H](C(=O)N2CCC[C@@H]2C(=O)N[C@@H](CCCN=C(N)N)C(=O)N[C@@H](Cc2ccccc2)C(=O)N2C(=O)N[C@H]3CS[C@@H](CCCCC(N)=O)[C@H]32)NC(=O)[C@H](CC(N)=O)NC(=O)[C@@H](CCC(N)=O)NC1=O. The van der Waals surface area contributed by atoms with Crippen molar-refractivity contribution in [1.29, 1.82) is 0 Å². The fourth-order valence-corrected chi connectivity index (χ4v) is 15.0. The third-order valence-electron chi connectivity index (χ3n) is 16.3. The maximum atomic E-state index is 15.0. The Balaban J connectivity index is 1.27. The van der Waals surface area contributed by atoms with Crippen LogP contribution in [-0.4, -0.2) is 194 Å². The second-order valence-electron chi connectivity index (χ2n) is 23.4. The van der Waals surface area contributed by atoms with Crippen molar-refractivity contribution in [1.82, 2.24) is 52.3 Å². The Morgan fingerprint density at radius 3 is 2.08 bits per heavy atom. The van der Waals surface area contributed by atoms with Gasteiger partial charge in [0.25, 0.3) is 5.91 Å². The van der Waals surface area contributed by atoms with Gasteiger partial charge in [0.15, 0.2) is 5.96 Å². The highest BCUT2D eigenvalue weighted by Crippen LogP contribution is 2.38. The Hall–Kier alpha value is -8.33. The van der Waals surface area contributed by atoms with Gasteiger partial charge in [-0.15, -0.1) is 0 Å². The number of rotatable bonds is 26. The molecule has 0 radical (unpaired) electrons. The van der Waals surface area contributed by atoms with Crippen molar-refractivity contribution in [3.8, 4) is 5.75 Å². The highest BCUT2D eigenvalue weighted by molar-refractivity contribution is 8.76. The van der Waals surface area contributed by atoms with Gasteiger partial charge < -0.3 is 81.2 Å². The molecule has 4 saturated heterocycles. The van der Waals surface area contributed by atoms with Crippen molar-refractivity contribution in [3.05, 3.63) is 65.7 Å². The lowest BCUT2D eigenvalue weighted by molar-refractivity contribution is -0.142. The zero-order valence-electron chi connectivity index (χ0n) is 52.0. The lowest BCUT2D eigenvalue weighted by atomic mass is 9.96. The molecule has 4 aliphatic heterocycles. The van der Waals surface area contributed by atoms with E-state index in [0.717, 1.165) is 26.5 Å². The van der Waals surface area contributed by atoms with Crippen LogP contribution in [-0.2, 0) is 70.4 Å². The van der Waals surface area contributed by atoms with Gasteiger partial charge >= 0.3 is 6.03 Å². The second-order valence-corrected chi connectivity index (χ2v) is 27.3. The van der Waals surface area contributed by atoms with E-state index in [4.69, 9.17) is 28.7 Å². The number of carbonyl (C=O) groups excluding carboxylic acids is 13. The van der Waals surface area contributed by atoms with Gasteiger partial charge in [-0.1, -0.05) is 90.7 Å². The van der Waals surface area contributed by atoms with Crippen LogP contribution in [0.25, 0.3) is 0 Å². The molecule has 4 fully saturated rings. The first-order valence-corrected chi connectivity index (χ1v) is 34.5. The molecular formula is C60H86N16O14S3. The Bertz CT molecular complexity index is 3060. The summed E-state index contributed by atoms with van der Waals surface area (Å²) in [5, 5.41) is 31.3. The number of nitrogens with zero attached hydrogens (tertiary/aromatic N) is 3. The van der Waals surface area contributed by atoms with Crippen LogP contribution in [0.15, 0.2) is 59.6 Å². The summed E-state index contributed by atoms with van der Waals surface area (Å²) in [5.74, 6) is -10.4. The van der Waals surface area contributed by atoms with E-state index in [2.05, 4.69) is 47.5 Å². The summed E-state index contributed by atoms with van der Waals surface area (Å²) in [4.78, 5) is 187. The minimum atomic E-state index is -1.80. The number of urea groups is 1. The number of phenols is 1. The van der Waals surface area contributed by atoms with Crippen molar-refractivity contribution in [2.45, 2.75) is 176 Å². The first-order chi connectivity index (χ1) is 44.3. The smallest absolute Gasteiger partial charge is 0.324 e. The van der Waals surface area contributed by atoms with Crippen LogP contribution in [0.3, 0.4) is 0 Å². The topological polar surface area (TPSA) is 487 Å². The number of benzene rings is 2. The van der Waals surface area contributed by atoms with Gasteiger partial charge in [-0.25, -0.2) is 4.79 Å². The molecule has 30 nitrogen and oxygen atoms in total. The van der Waals surface area contributed by atoms with E-state index in [0.29, 0.717) is 42.6 Å². The number of thioether (sulfide) groups is 1. The van der Waals surface area contributed by atoms with Crippen LogP contribution < -0.4 is 71.2 Å². The molecule has 4 aliphatic rings. The highest BCUT2D eigenvalue weighted by atomic mass is 33.1. The maximum Gasteiger partial charge on any atom is 0.324 e. The Morgan fingerprint density at radius 1 is 0.710 bits per heavy atom. The zero-order chi connectivity index (χ0) is 67.9. The number of nitrogens with two attached hydrogens (primary N) is 5. The van der Waals surface area contributed by atoms with E-state index in [1.165, 1.54) is 17.0 Å². The van der Waals surface area contributed by atoms with Gasteiger partial charge in [0.1, 0.15) is 54.1 Å². The molecule has 0 unspecified atom stereocenters. The van der Waals surface area contributed by atoms with Crippen molar-refractivity contribution >= 4 is 116 Å². The van der Waals surface area contributed by atoms with E-state index in [-0.39, 0.29) is 99.0 Å². The Morgan fingerprint density at radius 2 is 1.40 bits per heavy atom. The molecule has 6 rings (SSSR count). The van der Waals surface area contributed by atoms with Gasteiger partial charge in [-0.05, 0) is 74.1 Å². The van der Waals surface area contributed by atoms with Crippen LogP contribution in [0.4, 0.5) is 4.79 Å². The number of unbranched alkanes of at least 4 members (excludes halogenated alkanes) is 1. The minimum Gasteiger partial charge on any atom is -0.508 e. The molecule has 508 valence electrons. The number of fused-ring (bicyclic) bond motifs is 1. The third kappa shape index (κ3) is 22.4. The number of imide groups is 1. The summed E-state index contributed by atoms with van der Waals surface area (Å²) >= 11 is 1.59. The molecule has 2 aromatic carbocycles. The summed E-state index contributed by atoms with van der Waals surface area (Å²) in [6.45, 7) is 3.40. The molecule has 4 heterocycles. The Kier molecular flexibility index (Phi) is 28.7. The number of hydrogen-bond acceptors (Lipinski definition) is 18.